The number of carbonyl (C=O) groups is 2. The molecule has 1 aliphatic heterocycles. The van der Waals surface area contributed by atoms with Gasteiger partial charge in [-0.25, -0.2) is 4.39 Å². The van der Waals surface area contributed by atoms with Crippen LogP contribution in [0.2, 0.25) is 5.02 Å². The van der Waals surface area contributed by atoms with Crippen LogP contribution in [0.15, 0.2) is 46.9 Å². The van der Waals surface area contributed by atoms with Gasteiger partial charge < -0.3 is 10.2 Å². The van der Waals surface area contributed by atoms with Crippen molar-refractivity contribution in [3.8, 4) is 0 Å². The molecule has 0 aromatic heterocycles. The van der Waals surface area contributed by atoms with Gasteiger partial charge in [0, 0.05) is 41.4 Å². The fourth-order valence-corrected chi connectivity index (χ4v) is 3.31. The van der Waals surface area contributed by atoms with Crippen molar-refractivity contribution >= 4 is 45.0 Å². The molecule has 0 aliphatic carbocycles. The molecule has 27 heavy (non-hydrogen) atoms. The van der Waals surface area contributed by atoms with Gasteiger partial charge in [0.25, 0.3) is 5.91 Å². The minimum atomic E-state index is -0.583. The number of benzene rings is 2. The molecule has 1 saturated heterocycles. The van der Waals surface area contributed by atoms with Crippen molar-refractivity contribution in [3.05, 3.63) is 63.3 Å². The first kappa shape index (κ1) is 19.8. The fraction of sp³-hybridized carbons (Fsp3) is 0.263. The number of halogens is 3. The number of nitrogens with one attached hydrogen (secondary N) is 1. The first-order valence-corrected chi connectivity index (χ1v) is 9.61. The van der Waals surface area contributed by atoms with Gasteiger partial charge in [-0.1, -0.05) is 27.5 Å². The van der Waals surface area contributed by atoms with Crippen LogP contribution in [-0.2, 0) is 4.79 Å². The van der Waals surface area contributed by atoms with Crippen LogP contribution in [0.4, 0.5) is 10.1 Å². The fourth-order valence-electron chi connectivity index (χ4n) is 2.88. The molecule has 2 aromatic rings. The molecule has 1 N–H and O–H groups in total. The highest BCUT2D eigenvalue weighted by atomic mass is 79.9. The summed E-state index contributed by atoms with van der Waals surface area (Å²) in [7, 11) is 0. The topological polar surface area (TPSA) is 52.7 Å². The van der Waals surface area contributed by atoms with Crippen LogP contribution in [0, 0.1) is 5.82 Å². The molecule has 2 amide bonds. The minimum absolute atomic E-state index is 0.0241. The van der Waals surface area contributed by atoms with E-state index in [0.29, 0.717) is 31.2 Å². The summed E-state index contributed by atoms with van der Waals surface area (Å²) in [6, 6.07) is 11.3. The average molecular weight is 455 g/mol. The minimum Gasteiger partial charge on any atom is -0.336 e. The molecular formula is C19H18BrClFN3O2. The van der Waals surface area contributed by atoms with E-state index >= 15 is 0 Å². The Morgan fingerprint density at radius 2 is 1.74 bits per heavy atom. The number of hydrogen-bond acceptors (Lipinski definition) is 3. The SMILES string of the molecule is O=C(CN1CCN(C(=O)c2cc(Cl)ccc2F)CC1)Nc1ccc(Br)cc1. The van der Waals surface area contributed by atoms with Crippen LogP contribution in [0.3, 0.4) is 0 Å². The summed E-state index contributed by atoms with van der Waals surface area (Å²) in [5.74, 6) is -1.08. The number of piperazine rings is 1. The van der Waals surface area contributed by atoms with Crippen molar-refractivity contribution in [2.75, 3.05) is 38.0 Å². The first-order valence-electron chi connectivity index (χ1n) is 8.44. The van der Waals surface area contributed by atoms with Crippen molar-refractivity contribution in [1.82, 2.24) is 9.80 Å². The molecule has 2 aromatic carbocycles. The Hall–Kier alpha value is -1.96. The number of anilines is 1. The molecule has 3 rings (SSSR count). The van der Waals surface area contributed by atoms with Crippen LogP contribution in [0.1, 0.15) is 10.4 Å². The van der Waals surface area contributed by atoms with E-state index < -0.39 is 5.82 Å². The van der Waals surface area contributed by atoms with Gasteiger partial charge >= 0.3 is 0 Å². The standard InChI is InChI=1S/C19H18BrClFN3O2/c20-13-1-4-15(5-2-13)23-18(26)12-24-7-9-25(10-8-24)19(27)16-11-14(21)3-6-17(16)22/h1-6,11H,7-10,12H2,(H,23,26). The summed E-state index contributed by atoms with van der Waals surface area (Å²) in [6.07, 6.45) is 0. The zero-order valence-corrected chi connectivity index (χ0v) is 16.8. The van der Waals surface area contributed by atoms with E-state index in [0.717, 1.165) is 10.2 Å². The molecule has 1 aliphatic rings. The number of rotatable bonds is 4. The van der Waals surface area contributed by atoms with Crippen molar-refractivity contribution in [2.24, 2.45) is 0 Å². The second kappa shape index (κ2) is 8.82. The predicted molar refractivity (Wildman–Crippen MR) is 107 cm³/mol. The molecule has 0 spiro atoms. The number of amides is 2. The second-order valence-electron chi connectivity index (χ2n) is 6.25. The summed E-state index contributed by atoms with van der Waals surface area (Å²) in [6.45, 7) is 2.18. The molecule has 5 nitrogen and oxygen atoms in total. The second-order valence-corrected chi connectivity index (χ2v) is 7.60. The Labute approximate surface area is 170 Å². The summed E-state index contributed by atoms with van der Waals surface area (Å²) < 4.78 is 14.8. The quantitative estimate of drug-likeness (QED) is 0.767. The maximum atomic E-state index is 13.9. The highest BCUT2D eigenvalue weighted by molar-refractivity contribution is 9.10. The normalized spacial score (nSPS) is 14.9. The van der Waals surface area contributed by atoms with E-state index in [1.165, 1.54) is 18.2 Å². The first-order chi connectivity index (χ1) is 12.9. The van der Waals surface area contributed by atoms with Crippen molar-refractivity contribution in [2.45, 2.75) is 0 Å². The molecular weight excluding hydrogens is 437 g/mol. The van der Waals surface area contributed by atoms with Crippen LogP contribution < -0.4 is 5.32 Å². The zero-order valence-electron chi connectivity index (χ0n) is 14.4. The monoisotopic (exact) mass is 453 g/mol. The molecule has 0 bridgehead atoms. The number of nitrogens with zero attached hydrogens (tertiary/aromatic N) is 2. The van der Waals surface area contributed by atoms with Crippen LogP contribution in [0.5, 0.6) is 0 Å². The van der Waals surface area contributed by atoms with Crippen LogP contribution >= 0.6 is 27.5 Å². The molecule has 0 atom stereocenters. The zero-order chi connectivity index (χ0) is 19.4. The lowest BCUT2D eigenvalue weighted by molar-refractivity contribution is -0.117. The highest BCUT2D eigenvalue weighted by Gasteiger charge is 2.25. The Bertz CT molecular complexity index is 839. The third-order valence-electron chi connectivity index (χ3n) is 4.31. The van der Waals surface area contributed by atoms with Gasteiger partial charge in [0.05, 0.1) is 12.1 Å². The van der Waals surface area contributed by atoms with E-state index in [4.69, 9.17) is 11.6 Å². The van der Waals surface area contributed by atoms with Gasteiger partial charge in [0.1, 0.15) is 5.82 Å². The van der Waals surface area contributed by atoms with Gasteiger partial charge in [-0.05, 0) is 42.5 Å². The lowest BCUT2D eigenvalue weighted by atomic mass is 10.1. The Kier molecular flexibility index (Phi) is 6.46. The van der Waals surface area contributed by atoms with Crippen molar-refractivity contribution < 1.29 is 14.0 Å². The predicted octanol–water partition coefficient (Wildman–Crippen LogP) is 3.64. The van der Waals surface area contributed by atoms with Gasteiger partial charge in [-0.2, -0.15) is 0 Å². The summed E-state index contributed by atoms with van der Waals surface area (Å²) in [4.78, 5) is 28.2. The number of carbonyl (C=O) groups excluding carboxylic acids is 2. The van der Waals surface area contributed by atoms with Crippen LogP contribution in [-0.4, -0.2) is 54.3 Å². The lowest BCUT2D eigenvalue weighted by Crippen LogP contribution is -2.50. The smallest absolute Gasteiger partial charge is 0.256 e. The van der Waals surface area contributed by atoms with Gasteiger partial charge in [0.15, 0.2) is 0 Å². The van der Waals surface area contributed by atoms with E-state index in [2.05, 4.69) is 21.2 Å². The maximum absolute atomic E-state index is 13.9. The largest absolute Gasteiger partial charge is 0.336 e. The maximum Gasteiger partial charge on any atom is 0.256 e. The lowest BCUT2D eigenvalue weighted by Gasteiger charge is -2.34. The number of hydrogen-bond donors (Lipinski definition) is 1. The van der Waals surface area contributed by atoms with Gasteiger partial charge in [-0.3, -0.25) is 14.5 Å². The van der Waals surface area contributed by atoms with E-state index in [-0.39, 0.29) is 23.9 Å². The molecule has 1 heterocycles. The van der Waals surface area contributed by atoms with Crippen LogP contribution in [0.25, 0.3) is 0 Å². The molecule has 0 saturated carbocycles. The molecule has 8 heteroatoms. The van der Waals surface area contributed by atoms with Crippen molar-refractivity contribution in [3.63, 3.8) is 0 Å². The van der Waals surface area contributed by atoms with E-state index in [9.17, 15) is 14.0 Å². The molecule has 1 fully saturated rings. The summed E-state index contributed by atoms with van der Waals surface area (Å²) in [5, 5.41) is 3.17. The van der Waals surface area contributed by atoms with E-state index in [1.807, 2.05) is 29.2 Å². The van der Waals surface area contributed by atoms with Gasteiger partial charge in [0.2, 0.25) is 5.91 Å². The van der Waals surface area contributed by atoms with E-state index in [1.54, 1.807) is 4.90 Å². The average Bonchev–Trinajstić information content (AvgIpc) is 2.65. The van der Waals surface area contributed by atoms with Crippen molar-refractivity contribution in [1.29, 1.82) is 0 Å². The Morgan fingerprint density at radius 1 is 1.07 bits per heavy atom. The summed E-state index contributed by atoms with van der Waals surface area (Å²) in [5.41, 5.74) is 0.706. The molecule has 0 unspecified atom stereocenters. The molecule has 0 radical (unpaired) electrons. The third-order valence-corrected chi connectivity index (χ3v) is 5.08. The molecule has 142 valence electrons. The highest BCUT2D eigenvalue weighted by Crippen LogP contribution is 2.18. The van der Waals surface area contributed by atoms with Gasteiger partial charge in [-0.15, -0.1) is 0 Å². The Balaban J connectivity index is 1.51. The summed E-state index contributed by atoms with van der Waals surface area (Å²) >= 11 is 9.21. The third kappa shape index (κ3) is 5.28. The Morgan fingerprint density at radius 3 is 2.41 bits per heavy atom.